The number of nitro groups is 1. The van der Waals surface area contributed by atoms with E-state index in [1.54, 1.807) is 0 Å². The molecule has 2 aromatic rings. The zero-order valence-corrected chi connectivity index (χ0v) is 15.5. The summed E-state index contributed by atoms with van der Waals surface area (Å²) in [7, 11) is 0. The molecule has 1 aromatic heterocycles. The van der Waals surface area contributed by atoms with E-state index in [4.69, 9.17) is 9.15 Å². The minimum Gasteiger partial charge on any atom is -0.458 e. The first-order valence-corrected chi connectivity index (χ1v) is 9.07. The van der Waals surface area contributed by atoms with Gasteiger partial charge in [-0.2, -0.15) is 0 Å². The summed E-state index contributed by atoms with van der Waals surface area (Å²) >= 11 is 0. The standard InChI is InChI=1S/C20H21NO6/c1-19(2)12-6-7-20(19,3)16(10-12)27-18(23)14-9-11-8-13(21(24)25)4-5-15(11)26-17(14)22/h4-5,8-9,12,16H,6-7,10H2,1-3H3/t12-,16+,20+/m0/s1. The van der Waals surface area contributed by atoms with Crippen molar-refractivity contribution in [3.05, 3.63) is 50.4 Å². The van der Waals surface area contributed by atoms with Crippen LogP contribution in [0, 0.1) is 26.9 Å². The maximum absolute atomic E-state index is 12.7. The van der Waals surface area contributed by atoms with E-state index in [1.807, 2.05) is 0 Å². The summed E-state index contributed by atoms with van der Waals surface area (Å²) < 4.78 is 10.9. The third-order valence-electron chi connectivity index (χ3n) is 7.11. The Hall–Kier alpha value is -2.70. The summed E-state index contributed by atoms with van der Waals surface area (Å²) in [5.74, 6) is -0.234. The maximum Gasteiger partial charge on any atom is 0.351 e. The number of carbonyl (C=O) groups excluding carboxylic acids is 1. The van der Waals surface area contributed by atoms with Crippen molar-refractivity contribution in [1.29, 1.82) is 0 Å². The van der Waals surface area contributed by atoms with Gasteiger partial charge in [0.2, 0.25) is 0 Å². The molecule has 2 bridgehead atoms. The van der Waals surface area contributed by atoms with Crippen molar-refractivity contribution in [3.63, 3.8) is 0 Å². The molecule has 3 atom stereocenters. The van der Waals surface area contributed by atoms with Crippen molar-refractivity contribution in [2.75, 3.05) is 0 Å². The van der Waals surface area contributed by atoms with Gasteiger partial charge in [0.15, 0.2) is 0 Å². The molecule has 1 heterocycles. The fourth-order valence-electron chi connectivity index (χ4n) is 4.87. The first-order valence-electron chi connectivity index (χ1n) is 9.07. The molecule has 7 heteroatoms. The lowest BCUT2D eigenvalue weighted by molar-refractivity contribution is -0.384. The van der Waals surface area contributed by atoms with Crippen LogP contribution in [0.2, 0.25) is 0 Å². The number of hydrogen-bond donors (Lipinski definition) is 0. The number of nitro benzene ring substituents is 1. The average Bonchev–Trinajstić information content (AvgIpc) is 2.94. The van der Waals surface area contributed by atoms with Gasteiger partial charge < -0.3 is 9.15 Å². The summed E-state index contributed by atoms with van der Waals surface area (Å²) in [5, 5.41) is 11.3. The van der Waals surface area contributed by atoms with Crippen molar-refractivity contribution in [2.24, 2.45) is 16.7 Å². The van der Waals surface area contributed by atoms with E-state index in [0.717, 1.165) is 19.3 Å². The molecule has 0 amide bonds. The van der Waals surface area contributed by atoms with E-state index in [2.05, 4.69) is 20.8 Å². The Morgan fingerprint density at radius 1 is 1.30 bits per heavy atom. The first-order chi connectivity index (χ1) is 12.6. The Balaban J connectivity index is 1.66. The van der Waals surface area contributed by atoms with Crippen LogP contribution in [0.15, 0.2) is 33.5 Å². The van der Waals surface area contributed by atoms with Crippen molar-refractivity contribution in [1.82, 2.24) is 0 Å². The number of hydrogen-bond acceptors (Lipinski definition) is 6. The second-order valence-corrected chi connectivity index (χ2v) is 8.43. The molecular weight excluding hydrogens is 350 g/mol. The summed E-state index contributed by atoms with van der Waals surface area (Å²) in [5.41, 5.74) is -1.02. The van der Waals surface area contributed by atoms with Gasteiger partial charge in [0, 0.05) is 22.9 Å². The largest absolute Gasteiger partial charge is 0.458 e. The first kappa shape index (κ1) is 17.7. The monoisotopic (exact) mass is 371 g/mol. The molecule has 0 saturated heterocycles. The lowest BCUT2D eigenvalue weighted by Gasteiger charge is -2.38. The molecule has 4 rings (SSSR count). The van der Waals surface area contributed by atoms with Gasteiger partial charge in [-0.1, -0.05) is 20.8 Å². The minimum absolute atomic E-state index is 0.0760. The van der Waals surface area contributed by atoms with E-state index >= 15 is 0 Å². The number of benzene rings is 1. The van der Waals surface area contributed by atoms with Crippen molar-refractivity contribution < 1.29 is 18.9 Å². The lowest BCUT2D eigenvalue weighted by atomic mass is 9.70. The zero-order chi connectivity index (χ0) is 19.6. The van der Waals surface area contributed by atoms with Crippen LogP contribution in [0.5, 0.6) is 0 Å². The molecule has 2 aliphatic rings. The van der Waals surface area contributed by atoms with Crippen LogP contribution in [0.1, 0.15) is 50.4 Å². The molecule has 0 N–H and O–H groups in total. The molecule has 0 radical (unpaired) electrons. The highest BCUT2D eigenvalue weighted by molar-refractivity contribution is 5.93. The van der Waals surface area contributed by atoms with Crippen molar-refractivity contribution in [2.45, 2.75) is 46.1 Å². The normalized spacial score (nSPS) is 28.4. The van der Waals surface area contributed by atoms with Crippen molar-refractivity contribution >= 4 is 22.6 Å². The number of rotatable bonds is 3. The second kappa shape index (κ2) is 5.65. The number of non-ortho nitro benzene ring substituents is 1. The third kappa shape index (κ3) is 2.48. The average molecular weight is 371 g/mol. The highest BCUT2D eigenvalue weighted by Crippen LogP contribution is 2.66. The van der Waals surface area contributed by atoms with E-state index < -0.39 is 16.5 Å². The summed E-state index contributed by atoms with van der Waals surface area (Å²) in [6.07, 6.45) is 2.65. The minimum atomic E-state index is -0.797. The Labute approximate surface area is 155 Å². The fraction of sp³-hybridized carbons (Fsp3) is 0.500. The molecule has 2 saturated carbocycles. The quantitative estimate of drug-likeness (QED) is 0.349. The fourth-order valence-corrected chi connectivity index (χ4v) is 4.87. The van der Waals surface area contributed by atoms with Crippen LogP contribution in [-0.4, -0.2) is 17.0 Å². The Kier molecular flexibility index (Phi) is 3.70. The van der Waals surface area contributed by atoms with Crippen LogP contribution in [0.4, 0.5) is 5.69 Å². The van der Waals surface area contributed by atoms with Gasteiger partial charge >= 0.3 is 11.6 Å². The molecule has 1 aromatic carbocycles. The number of carbonyl (C=O) groups is 1. The Bertz CT molecular complexity index is 1020. The van der Waals surface area contributed by atoms with Crippen LogP contribution in [0.3, 0.4) is 0 Å². The maximum atomic E-state index is 12.7. The summed E-state index contributed by atoms with van der Waals surface area (Å²) in [6, 6.07) is 5.19. The van der Waals surface area contributed by atoms with Gasteiger partial charge in [-0.05, 0) is 42.7 Å². The highest BCUT2D eigenvalue weighted by atomic mass is 16.6. The predicted octanol–water partition coefficient (Wildman–Crippen LogP) is 4.07. The van der Waals surface area contributed by atoms with Crippen LogP contribution in [0.25, 0.3) is 11.0 Å². The van der Waals surface area contributed by atoms with Gasteiger partial charge in [-0.3, -0.25) is 10.1 Å². The van der Waals surface area contributed by atoms with Crippen molar-refractivity contribution in [3.8, 4) is 0 Å². The molecule has 0 aliphatic heterocycles. The second-order valence-electron chi connectivity index (χ2n) is 8.43. The molecule has 27 heavy (non-hydrogen) atoms. The van der Waals surface area contributed by atoms with Gasteiger partial charge in [-0.25, -0.2) is 9.59 Å². The van der Waals surface area contributed by atoms with E-state index in [9.17, 15) is 19.7 Å². The zero-order valence-electron chi connectivity index (χ0n) is 15.5. The number of esters is 1. The Morgan fingerprint density at radius 3 is 2.63 bits per heavy atom. The van der Waals surface area contributed by atoms with E-state index in [-0.39, 0.29) is 33.8 Å². The molecule has 142 valence electrons. The number of fused-ring (bicyclic) bond motifs is 3. The van der Waals surface area contributed by atoms with Gasteiger partial charge in [-0.15, -0.1) is 0 Å². The van der Waals surface area contributed by atoms with Crippen LogP contribution < -0.4 is 5.63 Å². The number of ether oxygens (including phenoxy) is 1. The Morgan fingerprint density at radius 2 is 2.04 bits per heavy atom. The molecular formula is C20H21NO6. The van der Waals surface area contributed by atoms with E-state index in [1.165, 1.54) is 24.3 Å². The lowest BCUT2D eigenvalue weighted by Crippen LogP contribution is -2.38. The molecule has 2 fully saturated rings. The van der Waals surface area contributed by atoms with Gasteiger partial charge in [0.25, 0.3) is 5.69 Å². The summed E-state index contributed by atoms with van der Waals surface area (Å²) in [4.78, 5) is 35.3. The molecule has 2 aliphatic carbocycles. The number of nitrogens with zero attached hydrogens (tertiary/aromatic N) is 1. The van der Waals surface area contributed by atoms with Crippen LogP contribution >= 0.6 is 0 Å². The van der Waals surface area contributed by atoms with Crippen LogP contribution in [-0.2, 0) is 4.74 Å². The van der Waals surface area contributed by atoms with Gasteiger partial charge in [0.1, 0.15) is 17.3 Å². The SMILES string of the molecule is CC1(C)[C@H]2CC[C@]1(C)[C@H](OC(=O)c1cc3cc([N+](=O)[O-])ccc3oc1=O)C2. The van der Waals surface area contributed by atoms with Gasteiger partial charge in [0.05, 0.1) is 4.92 Å². The topological polar surface area (TPSA) is 99.7 Å². The summed E-state index contributed by atoms with van der Waals surface area (Å²) in [6.45, 7) is 6.56. The smallest absolute Gasteiger partial charge is 0.351 e. The van der Waals surface area contributed by atoms with E-state index in [0.29, 0.717) is 11.3 Å². The molecule has 0 spiro atoms. The highest BCUT2D eigenvalue weighted by Gasteiger charge is 2.62. The molecule has 0 unspecified atom stereocenters. The third-order valence-corrected chi connectivity index (χ3v) is 7.11. The molecule has 7 nitrogen and oxygen atoms in total. The predicted molar refractivity (Wildman–Crippen MR) is 97.6 cm³/mol.